The van der Waals surface area contributed by atoms with Crippen LogP contribution in [-0.2, 0) is 4.74 Å². The van der Waals surface area contributed by atoms with E-state index in [4.69, 9.17) is 4.74 Å². The van der Waals surface area contributed by atoms with E-state index in [2.05, 4.69) is 63.8 Å². The average Bonchev–Trinajstić information content (AvgIpc) is 3.07. The zero-order chi connectivity index (χ0) is 19.4. The molecule has 2 aromatic rings. The van der Waals surface area contributed by atoms with Gasteiger partial charge in [-0.1, -0.05) is 54.6 Å². The summed E-state index contributed by atoms with van der Waals surface area (Å²) in [4.78, 5) is 14.6. The summed E-state index contributed by atoms with van der Waals surface area (Å²) in [7, 11) is 2.78. The van der Waals surface area contributed by atoms with E-state index >= 15 is 0 Å². The normalized spacial score (nSPS) is 18.4. The predicted octanol–water partition coefficient (Wildman–Crippen LogP) is 5.11. The van der Waals surface area contributed by atoms with Gasteiger partial charge in [0.25, 0.3) is 0 Å². The van der Waals surface area contributed by atoms with Crippen LogP contribution in [0.1, 0.15) is 57.1 Å². The van der Waals surface area contributed by atoms with Crippen molar-refractivity contribution < 1.29 is 9.53 Å². The Morgan fingerprint density at radius 1 is 1.15 bits per heavy atom. The fraction of sp³-hybridized carbons (Fsp3) is 0.435. The van der Waals surface area contributed by atoms with Gasteiger partial charge in [0.15, 0.2) is 0 Å². The molecule has 3 rings (SSSR count). The van der Waals surface area contributed by atoms with Crippen molar-refractivity contribution in [1.29, 1.82) is 0 Å². The van der Waals surface area contributed by atoms with Crippen molar-refractivity contribution in [1.82, 2.24) is 4.90 Å². The molecule has 0 aromatic heterocycles. The highest BCUT2D eigenvalue weighted by molar-refractivity contribution is 7.27. The van der Waals surface area contributed by atoms with Gasteiger partial charge in [-0.2, -0.15) is 0 Å². The molecule has 1 fully saturated rings. The second-order valence-corrected chi connectivity index (χ2v) is 9.01. The van der Waals surface area contributed by atoms with Crippen LogP contribution in [0.4, 0.5) is 4.79 Å². The highest BCUT2D eigenvalue weighted by Crippen LogP contribution is 2.34. The molecule has 3 atom stereocenters. The quantitative estimate of drug-likeness (QED) is 0.687. The lowest BCUT2D eigenvalue weighted by molar-refractivity contribution is 0.0217. The number of likely N-dealkylation sites (tertiary alicyclic amines) is 1. The Kier molecular flexibility index (Phi) is 6.22. The van der Waals surface area contributed by atoms with E-state index in [1.54, 1.807) is 0 Å². The largest absolute Gasteiger partial charge is 0.444 e. The van der Waals surface area contributed by atoms with Crippen molar-refractivity contribution in [3.05, 3.63) is 65.7 Å². The highest BCUT2D eigenvalue weighted by atomic mass is 31.0. The molecule has 0 N–H and O–H groups in total. The molecule has 1 aliphatic rings. The van der Waals surface area contributed by atoms with Crippen molar-refractivity contribution in [2.75, 3.05) is 6.54 Å². The van der Waals surface area contributed by atoms with E-state index in [-0.39, 0.29) is 18.1 Å². The lowest BCUT2D eigenvalue weighted by Gasteiger charge is -2.31. The van der Waals surface area contributed by atoms with Crippen LogP contribution in [0.3, 0.4) is 0 Å². The summed E-state index contributed by atoms with van der Waals surface area (Å²) >= 11 is 0. The van der Waals surface area contributed by atoms with E-state index in [0.29, 0.717) is 0 Å². The summed E-state index contributed by atoms with van der Waals surface area (Å²) in [5.41, 5.74) is 2.13. The SMILES string of the molecule is CC(C)(C)OC(=O)N1CCC[C@@H]1CC(c1ccccc1)c1cccc(P)c1. The second-order valence-electron chi connectivity index (χ2n) is 8.34. The number of carbonyl (C=O) groups excluding carboxylic acids is 1. The number of carbonyl (C=O) groups is 1. The first-order valence-electron chi connectivity index (χ1n) is 9.73. The van der Waals surface area contributed by atoms with Gasteiger partial charge in [-0.15, -0.1) is 9.24 Å². The number of hydrogen-bond donors (Lipinski definition) is 0. The smallest absolute Gasteiger partial charge is 0.410 e. The van der Waals surface area contributed by atoms with Gasteiger partial charge in [-0.05, 0) is 56.5 Å². The number of amides is 1. The summed E-state index contributed by atoms with van der Waals surface area (Å²) < 4.78 is 5.65. The van der Waals surface area contributed by atoms with Gasteiger partial charge in [0.05, 0.1) is 0 Å². The Hall–Kier alpha value is -1.86. The maximum Gasteiger partial charge on any atom is 0.410 e. The number of ether oxygens (including phenoxy) is 1. The average molecular weight is 383 g/mol. The third-order valence-electron chi connectivity index (χ3n) is 5.03. The van der Waals surface area contributed by atoms with Crippen LogP contribution in [0.2, 0.25) is 0 Å². The first kappa shape index (κ1) is 19.9. The van der Waals surface area contributed by atoms with Gasteiger partial charge in [0.2, 0.25) is 0 Å². The van der Waals surface area contributed by atoms with E-state index in [0.717, 1.165) is 25.8 Å². The molecule has 2 aromatic carbocycles. The molecule has 144 valence electrons. The maximum absolute atomic E-state index is 12.7. The number of hydrogen-bond acceptors (Lipinski definition) is 2. The Bertz CT molecular complexity index is 769. The molecular weight excluding hydrogens is 353 g/mol. The third kappa shape index (κ3) is 5.32. The Morgan fingerprint density at radius 2 is 1.85 bits per heavy atom. The molecule has 1 amide bonds. The number of nitrogens with zero attached hydrogens (tertiary/aromatic N) is 1. The Labute approximate surface area is 165 Å². The molecular formula is C23H30NO2P. The maximum atomic E-state index is 12.7. The minimum atomic E-state index is -0.461. The van der Waals surface area contributed by atoms with E-state index in [1.807, 2.05) is 25.7 Å². The van der Waals surface area contributed by atoms with E-state index in [1.165, 1.54) is 16.4 Å². The number of rotatable bonds is 4. The molecule has 3 nitrogen and oxygen atoms in total. The summed E-state index contributed by atoms with van der Waals surface area (Å²) in [6.07, 6.45) is 2.80. The van der Waals surface area contributed by atoms with Gasteiger partial charge < -0.3 is 9.64 Å². The third-order valence-corrected chi connectivity index (χ3v) is 5.39. The summed E-state index contributed by atoms with van der Waals surface area (Å²) in [6, 6.07) is 19.4. The fourth-order valence-electron chi connectivity index (χ4n) is 3.84. The minimum absolute atomic E-state index is 0.184. The van der Waals surface area contributed by atoms with Gasteiger partial charge >= 0.3 is 6.09 Å². The topological polar surface area (TPSA) is 29.5 Å². The second kappa shape index (κ2) is 8.44. The van der Waals surface area contributed by atoms with Crippen molar-refractivity contribution in [3.8, 4) is 0 Å². The van der Waals surface area contributed by atoms with E-state index < -0.39 is 5.60 Å². The monoisotopic (exact) mass is 383 g/mol. The summed E-state index contributed by atoms with van der Waals surface area (Å²) in [5.74, 6) is 0.264. The predicted molar refractivity (Wildman–Crippen MR) is 115 cm³/mol. The minimum Gasteiger partial charge on any atom is -0.444 e. The Morgan fingerprint density at radius 3 is 2.52 bits per heavy atom. The van der Waals surface area contributed by atoms with Crippen molar-refractivity contribution in [2.45, 2.75) is 57.6 Å². The molecule has 4 heteroatoms. The van der Waals surface area contributed by atoms with Crippen LogP contribution in [0, 0.1) is 0 Å². The van der Waals surface area contributed by atoms with Gasteiger partial charge in [0, 0.05) is 18.5 Å². The Balaban J connectivity index is 1.84. The van der Waals surface area contributed by atoms with Crippen LogP contribution in [0.15, 0.2) is 54.6 Å². The molecule has 1 saturated heterocycles. The zero-order valence-corrected chi connectivity index (χ0v) is 17.7. The van der Waals surface area contributed by atoms with E-state index in [9.17, 15) is 4.79 Å². The van der Waals surface area contributed by atoms with Crippen LogP contribution >= 0.6 is 9.24 Å². The molecule has 0 aliphatic carbocycles. The first-order valence-corrected chi connectivity index (χ1v) is 10.3. The molecule has 1 aliphatic heterocycles. The highest BCUT2D eigenvalue weighted by Gasteiger charge is 2.34. The van der Waals surface area contributed by atoms with Crippen molar-refractivity contribution in [2.24, 2.45) is 0 Å². The van der Waals surface area contributed by atoms with Gasteiger partial charge in [0.1, 0.15) is 5.60 Å². The molecule has 0 spiro atoms. The van der Waals surface area contributed by atoms with Gasteiger partial charge in [-0.25, -0.2) is 4.79 Å². The van der Waals surface area contributed by atoms with Crippen LogP contribution in [0.25, 0.3) is 0 Å². The summed E-state index contributed by atoms with van der Waals surface area (Å²) in [5, 5.41) is 1.18. The lowest BCUT2D eigenvalue weighted by atomic mass is 9.85. The zero-order valence-electron chi connectivity index (χ0n) is 16.5. The molecule has 2 unspecified atom stereocenters. The molecule has 0 saturated carbocycles. The molecule has 0 bridgehead atoms. The number of benzene rings is 2. The van der Waals surface area contributed by atoms with Crippen molar-refractivity contribution in [3.63, 3.8) is 0 Å². The molecule has 27 heavy (non-hydrogen) atoms. The van der Waals surface area contributed by atoms with Gasteiger partial charge in [-0.3, -0.25) is 0 Å². The van der Waals surface area contributed by atoms with Crippen LogP contribution in [0.5, 0.6) is 0 Å². The summed E-state index contributed by atoms with van der Waals surface area (Å²) in [6.45, 7) is 6.55. The van der Waals surface area contributed by atoms with Crippen LogP contribution in [-0.4, -0.2) is 29.2 Å². The van der Waals surface area contributed by atoms with Crippen molar-refractivity contribution >= 4 is 20.6 Å². The van der Waals surface area contributed by atoms with Crippen LogP contribution < -0.4 is 5.30 Å². The lowest BCUT2D eigenvalue weighted by Crippen LogP contribution is -2.40. The fourth-order valence-corrected chi connectivity index (χ4v) is 4.14. The first-order chi connectivity index (χ1) is 12.8. The molecule has 1 heterocycles. The standard InChI is InChI=1S/C23H30NO2P/c1-23(2,3)26-22(25)24-14-8-12-19(24)16-21(17-9-5-4-6-10-17)18-11-7-13-20(27)15-18/h4-7,9-11,13,15,19,21H,8,12,14,16,27H2,1-3H3/t19-,21?/m1/s1. The molecule has 0 radical (unpaired) electrons.